The maximum atomic E-state index is 11.9. The highest BCUT2D eigenvalue weighted by atomic mass is 16.5. The predicted molar refractivity (Wildman–Crippen MR) is 69.3 cm³/mol. The molecule has 0 aliphatic heterocycles. The van der Waals surface area contributed by atoms with Gasteiger partial charge in [0.05, 0.1) is 26.4 Å². The first kappa shape index (κ1) is 15.0. The Hall–Kier alpha value is -2.04. The van der Waals surface area contributed by atoms with Gasteiger partial charge in [-0.1, -0.05) is 6.07 Å². The molecule has 0 fully saturated rings. The minimum Gasteiger partial charge on any atom is -0.497 e. The number of aryl methyl sites for hydroxylation is 1. The zero-order chi connectivity index (χ0) is 14.3. The zero-order valence-corrected chi connectivity index (χ0v) is 11.4. The van der Waals surface area contributed by atoms with Crippen LogP contribution in [0, 0.1) is 0 Å². The SMILES string of the molecule is CCOC(=O)c1cc(OC)ccc1CCC(=O)OC. The number of ether oxygens (including phenoxy) is 3. The number of esters is 2. The van der Waals surface area contributed by atoms with E-state index in [-0.39, 0.29) is 12.4 Å². The smallest absolute Gasteiger partial charge is 0.338 e. The molecule has 0 bridgehead atoms. The maximum Gasteiger partial charge on any atom is 0.338 e. The Kier molecular flexibility index (Phi) is 5.85. The minimum absolute atomic E-state index is 0.217. The summed E-state index contributed by atoms with van der Waals surface area (Å²) in [5.74, 6) is -0.156. The monoisotopic (exact) mass is 266 g/mol. The summed E-state index contributed by atoms with van der Waals surface area (Å²) in [6.45, 7) is 2.04. The molecular formula is C14H18O5. The fraction of sp³-hybridized carbons (Fsp3) is 0.429. The lowest BCUT2D eigenvalue weighted by molar-refractivity contribution is -0.140. The second kappa shape index (κ2) is 7.41. The van der Waals surface area contributed by atoms with E-state index in [0.29, 0.717) is 24.3 Å². The Morgan fingerprint density at radius 3 is 2.53 bits per heavy atom. The van der Waals surface area contributed by atoms with Gasteiger partial charge in [0.2, 0.25) is 0 Å². The van der Waals surface area contributed by atoms with Crippen molar-refractivity contribution in [1.82, 2.24) is 0 Å². The second-order valence-corrected chi connectivity index (χ2v) is 3.82. The summed E-state index contributed by atoms with van der Waals surface area (Å²) >= 11 is 0. The first-order valence-corrected chi connectivity index (χ1v) is 6.03. The molecule has 5 nitrogen and oxygen atoms in total. The quantitative estimate of drug-likeness (QED) is 0.737. The van der Waals surface area contributed by atoms with Crippen molar-refractivity contribution in [2.45, 2.75) is 19.8 Å². The molecule has 0 amide bonds. The highest BCUT2D eigenvalue weighted by molar-refractivity contribution is 5.91. The molecule has 1 rings (SSSR count). The van der Waals surface area contributed by atoms with Gasteiger partial charge in [-0.05, 0) is 31.0 Å². The van der Waals surface area contributed by atoms with Gasteiger partial charge in [-0.3, -0.25) is 4.79 Å². The van der Waals surface area contributed by atoms with E-state index in [1.165, 1.54) is 14.2 Å². The Bertz CT molecular complexity index is 453. The predicted octanol–water partition coefficient (Wildman–Crippen LogP) is 1.98. The summed E-state index contributed by atoms with van der Waals surface area (Å²) in [6, 6.07) is 5.12. The highest BCUT2D eigenvalue weighted by Crippen LogP contribution is 2.20. The third-order valence-corrected chi connectivity index (χ3v) is 2.64. The molecular weight excluding hydrogens is 248 g/mol. The lowest BCUT2D eigenvalue weighted by atomic mass is 10.0. The number of carbonyl (C=O) groups is 2. The average Bonchev–Trinajstić information content (AvgIpc) is 2.44. The van der Waals surface area contributed by atoms with E-state index < -0.39 is 5.97 Å². The Morgan fingerprint density at radius 1 is 1.21 bits per heavy atom. The molecule has 0 radical (unpaired) electrons. The van der Waals surface area contributed by atoms with Gasteiger partial charge >= 0.3 is 11.9 Å². The first-order valence-electron chi connectivity index (χ1n) is 6.03. The van der Waals surface area contributed by atoms with Crippen LogP contribution in [0.4, 0.5) is 0 Å². The fourth-order valence-corrected chi connectivity index (χ4v) is 1.64. The molecule has 5 heteroatoms. The van der Waals surface area contributed by atoms with Crippen LogP contribution >= 0.6 is 0 Å². The Labute approximate surface area is 112 Å². The van der Waals surface area contributed by atoms with Crippen molar-refractivity contribution in [2.75, 3.05) is 20.8 Å². The maximum absolute atomic E-state index is 11.9. The Morgan fingerprint density at radius 2 is 1.95 bits per heavy atom. The first-order chi connectivity index (χ1) is 9.12. The largest absolute Gasteiger partial charge is 0.497 e. The normalized spacial score (nSPS) is 9.84. The summed E-state index contributed by atoms with van der Waals surface area (Å²) in [7, 11) is 2.86. The molecule has 0 atom stereocenters. The van der Waals surface area contributed by atoms with Gasteiger partial charge in [-0.2, -0.15) is 0 Å². The van der Waals surface area contributed by atoms with Crippen molar-refractivity contribution in [2.24, 2.45) is 0 Å². The van der Waals surface area contributed by atoms with E-state index in [1.54, 1.807) is 25.1 Å². The van der Waals surface area contributed by atoms with Crippen LogP contribution in [0.2, 0.25) is 0 Å². The number of methoxy groups -OCH3 is 2. The molecule has 104 valence electrons. The number of carbonyl (C=O) groups excluding carboxylic acids is 2. The molecule has 0 heterocycles. The van der Waals surface area contributed by atoms with Gasteiger partial charge in [-0.25, -0.2) is 4.79 Å². The molecule has 1 aromatic rings. The van der Waals surface area contributed by atoms with Crippen LogP contribution in [-0.2, 0) is 20.7 Å². The molecule has 0 spiro atoms. The van der Waals surface area contributed by atoms with E-state index in [2.05, 4.69) is 4.74 Å². The molecule has 19 heavy (non-hydrogen) atoms. The van der Waals surface area contributed by atoms with E-state index in [1.807, 2.05) is 0 Å². The number of hydrogen-bond donors (Lipinski definition) is 0. The van der Waals surface area contributed by atoms with Crippen molar-refractivity contribution in [3.05, 3.63) is 29.3 Å². The van der Waals surface area contributed by atoms with Crippen molar-refractivity contribution in [3.8, 4) is 5.75 Å². The summed E-state index contributed by atoms with van der Waals surface area (Å²) in [6.07, 6.45) is 0.639. The van der Waals surface area contributed by atoms with E-state index in [0.717, 1.165) is 5.56 Å². The lowest BCUT2D eigenvalue weighted by Gasteiger charge is -2.10. The van der Waals surface area contributed by atoms with E-state index in [4.69, 9.17) is 9.47 Å². The van der Waals surface area contributed by atoms with Crippen LogP contribution in [0.3, 0.4) is 0 Å². The average molecular weight is 266 g/mol. The summed E-state index contributed by atoms with van der Waals surface area (Å²) < 4.78 is 14.7. The van der Waals surface area contributed by atoms with Crippen molar-refractivity contribution in [1.29, 1.82) is 0 Å². The topological polar surface area (TPSA) is 61.8 Å². The van der Waals surface area contributed by atoms with E-state index in [9.17, 15) is 9.59 Å². The van der Waals surface area contributed by atoms with Gasteiger partial charge in [-0.15, -0.1) is 0 Å². The highest BCUT2D eigenvalue weighted by Gasteiger charge is 2.15. The Balaban J connectivity index is 2.94. The van der Waals surface area contributed by atoms with Gasteiger partial charge in [0.15, 0.2) is 0 Å². The summed E-state index contributed by atoms with van der Waals surface area (Å²) in [4.78, 5) is 23.0. The number of benzene rings is 1. The molecule has 0 saturated carbocycles. The van der Waals surface area contributed by atoms with Crippen LogP contribution in [0.15, 0.2) is 18.2 Å². The van der Waals surface area contributed by atoms with Crippen LogP contribution < -0.4 is 4.74 Å². The third kappa shape index (κ3) is 4.28. The molecule has 0 aliphatic carbocycles. The molecule has 1 aromatic carbocycles. The van der Waals surface area contributed by atoms with E-state index >= 15 is 0 Å². The van der Waals surface area contributed by atoms with Gasteiger partial charge in [0, 0.05) is 6.42 Å². The van der Waals surface area contributed by atoms with Crippen LogP contribution in [0.25, 0.3) is 0 Å². The van der Waals surface area contributed by atoms with Crippen molar-refractivity contribution in [3.63, 3.8) is 0 Å². The molecule has 0 N–H and O–H groups in total. The second-order valence-electron chi connectivity index (χ2n) is 3.82. The number of rotatable bonds is 6. The summed E-state index contributed by atoms with van der Waals surface area (Å²) in [5.41, 5.74) is 1.16. The number of hydrogen-bond acceptors (Lipinski definition) is 5. The molecule has 0 saturated heterocycles. The van der Waals surface area contributed by atoms with Gasteiger partial charge < -0.3 is 14.2 Å². The molecule has 0 aliphatic rings. The fourth-order valence-electron chi connectivity index (χ4n) is 1.64. The minimum atomic E-state index is -0.415. The zero-order valence-electron chi connectivity index (χ0n) is 11.4. The van der Waals surface area contributed by atoms with Crippen LogP contribution in [-0.4, -0.2) is 32.8 Å². The summed E-state index contributed by atoms with van der Waals surface area (Å²) in [5, 5.41) is 0. The van der Waals surface area contributed by atoms with Crippen LogP contribution in [0.1, 0.15) is 29.3 Å². The van der Waals surface area contributed by atoms with Crippen LogP contribution in [0.5, 0.6) is 5.75 Å². The van der Waals surface area contributed by atoms with Crippen molar-refractivity contribution < 1.29 is 23.8 Å². The lowest BCUT2D eigenvalue weighted by Crippen LogP contribution is -2.10. The molecule has 0 unspecified atom stereocenters. The molecule has 0 aromatic heterocycles. The van der Waals surface area contributed by atoms with Crippen molar-refractivity contribution >= 4 is 11.9 Å². The van der Waals surface area contributed by atoms with Gasteiger partial charge in [0.1, 0.15) is 5.75 Å². The third-order valence-electron chi connectivity index (χ3n) is 2.64. The standard InChI is InChI=1S/C14H18O5/c1-4-19-14(16)12-9-11(17-2)7-5-10(12)6-8-13(15)18-3/h5,7,9H,4,6,8H2,1-3H3. The van der Waals surface area contributed by atoms with Gasteiger partial charge in [0.25, 0.3) is 0 Å².